The number of benzene rings is 2. The fourth-order valence-corrected chi connectivity index (χ4v) is 3.65. The molecule has 0 amide bonds. The monoisotopic (exact) mass is 366 g/mol. The van der Waals surface area contributed by atoms with Gasteiger partial charge in [0.05, 0.1) is 0 Å². The Hall–Kier alpha value is -1.91. The van der Waals surface area contributed by atoms with Gasteiger partial charge in [-0.2, -0.15) is 0 Å². The van der Waals surface area contributed by atoms with Gasteiger partial charge in [0.1, 0.15) is 0 Å². The molecule has 27 heavy (non-hydrogen) atoms. The van der Waals surface area contributed by atoms with E-state index in [-0.39, 0.29) is 11.2 Å². The van der Waals surface area contributed by atoms with Crippen LogP contribution in [-0.4, -0.2) is 22.9 Å². The van der Waals surface area contributed by atoms with E-state index in [2.05, 4.69) is 39.8 Å². The Kier molecular flexibility index (Phi) is 7.02. The molecule has 0 saturated carbocycles. The predicted octanol–water partition coefficient (Wildman–Crippen LogP) is 3.94. The van der Waals surface area contributed by atoms with Gasteiger partial charge in [-0.3, -0.25) is 4.79 Å². The number of hydrogen-bond acceptors (Lipinski definition) is 3. The van der Waals surface area contributed by atoms with Crippen molar-refractivity contribution in [2.24, 2.45) is 0 Å². The van der Waals surface area contributed by atoms with E-state index in [1.54, 1.807) is 24.3 Å². The lowest BCUT2D eigenvalue weighted by atomic mass is 9.75. The fourth-order valence-electron chi connectivity index (χ4n) is 3.65. The zero-order valence-corrected chi connectivity index (χ0v) is 17.2. The van der Waals surface area contributed by atoms with E-state index in [1.165, 1.54) is 11.1 Å². The molecule has 0 aromatic heterocycles. The van der Waals surface area contributed by atoms with Crippen molar-refractivity contribution in [3.8, 4) is 0 Å². The second-order valence-electron chi connectivity index (χ2n) is 7.99. The molecule has 0 saturated heterocycles. The molecule has 2 N–H and O–H groups in total. The number of carbonyl (C=O) groups is 1. The highest BCUT2D eigenvalue weighted by molar-refractivity contribution is 6.58. The molecule has 0 unspecified atom stereocenters. The maximum absolute atomic E-state index is 13.1. The summed E-state index contributed by atoms with van der Waals surface area (Å²) in [5, 5.41) is 18.5. The van der Waals surface area contributed by atoms with Crippen LogP contribution in [0.2, 0.25) is 0 Å². The van der Waals surface area contributed by atoms with Gasteiger partial charge in [0, 0.05) is 11.1 Å². The maximum Gasteiger partial charge on any atom is 0.488 e. The lowest BCUT2D eigenvalue weighted by Crippen LogP contribution is -2.29. The van der Waals surface area contributed by atoms with Crippen LogP contribution < -0.4 is 5.46 Å². The summed E-state index contributed by atoms with van der Waals surface area (Å²) in [4.78, 5) is 13.1. The molecule has 0 aliphatic rings. The molecule has 2 aromatic rings. The van der Waals surface area contributed by atoms with Crippen molar-refractivity contribution in [3.63, 3.8) is 0 Å². The molecule has 0 spiro atoms. The van der Waals surface area contributed by atoms with Crippen LogP contribution >= 0.6 is 0 Å². The largest absolute Gasteiger partial charge is 0.488 e. The number of rotatable bonds is 8. The molecule has 0 bridgehead atoms. The van der Waals surface area contributed by atoms with Crippen LogP contribution in [-0.2, 0) is 11.8 Å². The average Bonchev–Trinajstić information content (AvgIpc) is 2.65. The number of carbonyl (C=O) groups excluding carboxylic acids is 1. The second kappa shape index (κ2) is 8.86. The first-order valence-electron chi connectivity index (χ1n) is 9.86. The summed E-state index contributed by atoms with van der Waals surface area (Å²) in [6.45, 7) is 10.9. The van der Waals surface area contributed by atoms with E-state index in [9.17, 15) is 14.8 Å². The fraction of sp³-hybridized carbons (Fsp3) is 0.435. The third-order valence-electron chi connectivity index (χ3n) is 5.43. The van der Waals surface area contributed by atoms with Gasteiger partial charge >= 0.3 is 7.12 Å². The minimum absolute atomic E-state index is 0.0228. The normalized spacial score (nSPS) is 11.5. The standard InChI is InChI=1S/C23H31BO3/c1-6-8-13-23(4,5)21-15-20(16(3)14-17(21)7-2)22(25)18-9-11-19(12-10-18)24(26)27/h9-12,14-15,26-27H,6-8,13H2,1-5H3. The highest BCUT2D eigenvalue weighted by Crippen LogP contribution is 2.34. The van der Waals surface area contributed by atoms with Gasteiger partial charge < -0.3 is 10.0 Å². The maximum atomic E-state index is 13.1. The molecule has 2 aromatic carbocycles. The van der Waals surface area contributed by atoms with Gasteiger partial charge in [-0.05, 0) is 53.4 Å². The Labute approximate surface area is 163 Å². The zero-order chi connectivity index (χ0) is 20.2. The van der Waals surface area contributed by atoms with Crippen molar-refractivity contribution < 1.29 is 14.8 Å². The van der Waals surface area contributed by atoms with Gasteiger partial charge in [-0.1, -0.05) is 70.9 Å². The van der Waals surface area contributed by atoms with Crippen LogP contribution in [0.1, 0.15) is 79.6 Å². The van der Waals surface area contributed by atoms with Crippen molar-refractivity contribution in [2.75, 3.05) is 0 Å². The number of hydrogen-bond donors (Lipinski definition) is 2. The smallest absolute Gasteiger partial charge is 0.423 e. The Bertz CT molecular complexity index is 792. The Morgan fingerprint density at radius 3 is 2.22 bits per heavy atom. The minimum Gasteiger partial charge on any atom is -0.423 e. The average molecular weight is 366 g/mol. The third-order valence-corrected chi connectivity index (χ3v) is 5.43. The third kappa shape index (κ3) is 4.88. The molecule has 0 heterocycles. The van der Waals surface area contributed by atoms with Crippen molar-refractivity contribution in [1.82, 2.24) is 0 Å². The molecule has 144 valence electrons. The summed E-state index contributed by atoms with van der Waals surface area (Å²) < 4.78 is 0. The van der Waals surface area contributed by atoms with Gasteiger partial charge in [-0.25, -0.2) is 0 Å². The van der Waals surface area contributed by atoms with E-state index < -0.39 is 7.12 Å². The van der Waals surface area contributed by atoms with E-state index in [0.717, 1.165) is 36.8 Å². The number of aryl methyl sites for hydroxylation is 2. The lowest BCUT2D eigenvalue weighted by Gasteiger charge is -2.29. The summed E-state index contributed by atoms with van der Waals surface area (Å²) in [6, 6.07) is 10.7. The minimum atomic E-state index is -1.52. The molecular weight excluding hydrogens is 335 g/mol. The molecule has 0 radical (unpaired) electrons. The highest BCUT2D eigenvalue weighted by Gasteiger charge is 2.25. The Morgan fingerprint density at radius 1 is 1.07 bits per heavy atom. The van der Waals surface area contributed by atoms with Gasteiger partial charge in [0.15, 0.2) is 5.78 Å². The molecule has 0 atom stereocenters. The first-order valence-corrected chi connectivity index (χ1v) is 9.86. The van der Waals surface area contributed by atoms with Gasteiger partial charge in [-0.15, -0.1) is 0 Å². The van der Waals surface area contributed by atoms with Crippen molar-refractivity contribution in [1.29, 1.82) is 0 Å². The van der Waals surface area contributed by atoms with Crippen molar-refractivity contribution in [3.05, 3.63) is 64.2 Å². The van der Waals surface area contributed by atoms with Gasteiger partial charge in [0.25, 0.3) is 0 Å². The molecule has 0 aliphatic carbocycles. The summed E-state index contributed by atoms with van der Waals surface area (Å²) in [5.41, 5.74) is 5.24. The van der Waals surface area contributed by atoms with E-state index in [1.807, 2.05) is 6.92 Å². The summed E-state index contributed by atoms with van der Waals surface area (Å²) in [5.74, 6) is -0.0262. The SMILES string of the molecule is CCCCC(C)(C)c1cc(C(=O)c2ccc(B(O)O)cc2)c(C)cc1CC. The van der Waals surface area contributed by atoms with E-state index >= 15 is 0 Å². The quantitative estimate of drug-likeness (QED) is 0.550. The van der Waals surface area contributed by atoms with Crippen LogP contribution in [0.4, 0.5) is 0 Å². The van der Waals surface area contributed by atoms with E-state index in [4.69, 9.17) is 0 Å². The van der Waals surface area contributed by atoms with Crippen LogP contribution in [0.25, 0.3) is 0 Å². The molecule has 3 nitrogen and oxygen atoms in total. The number of unbranched alkanes of at least 4 members (excludes halogenated alkanes) is 1. The lowest BCUT2D eigenvalue weighted by molar-refractivity contribution is 0.103. The summed E-state index contributed by atoms with van der Waals surface area (Å²) >= 11 is 0. The summed E-state index contributed by atoms with van der Waals surface area (Å²) in [7, 11) is -1.52. The van der Waals surface area contributed by atoms with Gasteiger partial charge in [0.2, 0.25) is 0 Å². The number of ketones is 1. The second-order valence-corrected chi connectivity index (χ2v) is 7.99. The highest BCUT2D eigenvalue weighted by atomic mass is 16.4. The first-order chi connectivity index (χ1) is 12.7. The zero-order valence-electron chi connectivity index (χ0n) is 17.2. The van der Waals surface area contributed by atoms with Crippen LogP contribution in [0.15, 0.2) is 36.4 Å². The van der Waals surface area contributed by atoms with Crippen LogP contribution in [0.5, 0.6) is 0 Å². The predicted molar refractivity (Wildman–Crippen MR) is 113 cm³/mol. The Balaban J connectivity index is 2.47. The molecule has 2 rings (SSSR count). The molecule has 0 aliphatic heterocycles. The summed E-state index contributed by atoms with van der Waals surface area (Å²) in [6.07, 6.45) is 4.36. The molecular formula is C23H31BO3. The van der Waals surface area contributed by atoms with Crippen molar-refractivity contribution in [2.45, 2.75) is 65.7 Å². The first kappa shape index (κ1) is 21.4. The molecule has 4 heteroatoms. The van der Waals surface area contributed by atoms with Crippen molar-refractivity contribution >= 4 is 18.4 Å². The van der Waals surface area contributed by atoms with E-state index in [0.29, 0.717) is 11.0 Å². The topological polar surface area (TPSA) is 57.5 Å². The molecule has 0 fully saturated rings. The van der Waals surface area contributed by atoms with Crippen LogP contribution in [0, 0.1) is 6.92 Å². The van der Waals surface area contributed by atoms with Crippen LogP contribution in [0.3, 0.4) is 0 Å². The Morgan fingerprint density at radius 2 is 1.70 bits per heavy atom.